The average molecular weight is 181 g/mol. The van der Waals surface area contributed by atoms with Gasteiger partial charge < -0.3 is 15.6 Å². The highest BCUT2D eigenvalue weighted by Gasteiger charge is 2.06. The van der Waals surface area contributed by atoms with Gasteiger partial charge in [-0.25, -0.2) is 0 Å². The summed E-state index contributed by atoms with van der Waals surface area (Å²) in [6.07, 6.45) is 1.82. The molecule has 0 aliphatic heterocycles. The van der Waals surface area contributed by atoms with Crippen molar-refractivity contribution in [3.63, 3.8) is 0 Å². The number of nitrogen functional groups attached to an aromatic ring is 1. The third-order valence-corrected chi connectivity index (χ3v) is 1.95. The van der Waals surface area contributed by atoms with Gasteiger partial charge in [-0.3, -0.25) is 0 Å². The molecule has 0 heterocycles. The average Bonchev–Trinajstić information content (AvgIpc) is 2.10. The van der Waals surface area contributed by atoms with Crippen LogP contribution in [0.15, 0.2) is 12.1 Å². The monoisotopic (exact) mass is 181 g/mol. The molecule has 3 nitrogen and oxygen atoms in total. The van der Waals surface area contributed by atoms with Crippen molar-refractivity contribution in [1.82, 2.24) is 0 Å². The van der Waals surface area contributed by atoms with Crippen LogP contribution in [-0.2, 0) is 6.42 Å². The fourth-order valence-electron chi connectivity index (χ4n) is 1.27. The molecular weight excluding hydrogens is 166 g/mol. The van der Waals surface area contributed by atoms with E-state index in [1.165, 1.54) is 6.07 Å². The van der Waals surface area contributed by atoms with Crippen LogP contribution in [0.25, 0.3) is 0 Å². The molecule has 0 radical (unpaired) electrons. The molecule has 0 unspecified atom stereocenters. The summed E-state index contributed by atoms with van der Waals surface area (Å²) in [4.78, 5) is 0. The molecular formula is C10H15NO2. The van der Waals surface area contributed by atoms with Gasteiger partial charge in [-0.1, -0.05) is 13.3 Å². The molecule has 0 spiro atoms. The van der Waals surface area contributed by atoms with E-state index in [1.807, 2.05) is 0 Å². The largest absolute Gasteiger partial charge is 0.508 e. The van der Waals surface area contributed by atoms with Crippen LogP contribution < -0.4 is 10.5 Å². The Balaban J connectivity index is 3.06. The molecule has 0 saturated carbocycles. The Morgan fingerprint density at radius 2 is 2.15 bits per heavy atom. The third-order valence-electron chi connectivity index (χ3n) is 1.95. The van der Waals surface area contributed by atoms with Gasteiger partial charge in [0.15, 0.2) is 0 Å². The van der Waals surface area contributed by atoms with Gasteiger partial charge >= 0.3 is 0 Å². The highest BCUT2D eigenvalue weighted by molar-refractivity contribution is 5.58. The van der Waals surface area contributed by atoms with Crippen molar-refractivity contribution in [3.05, 3.63) is 17.7 Å². The van der Waals surface area contributed by atoms with Gasteiger partial charge in [-0.15, -0.1) is 0 Å². The lowest BCUT2D eigenvalue weighted by Crippen LogP contribution is -1.94. The predicted octanol–water partition coefficient (Wildman–Crippen LogP) is 1.94. The van der Waals surface area contributed by atoms with Gasteiger partial charge in [0.1, 0.15) is 11.5 Å². The van der Waals surface area contributed by atoms with Crippen LogP contribution in [0.2, 0.25) is 0 Å². The van der Waals surface area contributed by atoms with Crippen molar-refractivity contribution >= 4 is 5.69 Å². The minimum absolute atomic E-state index is 0.250. The van der Waals surface area contributed by atoms with E-state index in [2.05, 4.69) is 6.92 Å². The number of nitrogens with two attached hydrogens (primary N) is 1. The van der Waals surface area contributed by atoms with Crippen molar-refractivity contribution in [2.75, 3.05) is 12.8 Å². The first-order chi connectivity index (χ1) is 6.19. The molecule has 0 atom stereocenters. The zero-order chi connectivity index (χ0) is 9.84. The van der Waals surface area contributed by atoms with Gasteiger partial charge in [-0.2, -0.15) is 0 Å². The van der Waals surface area contributed by atoms with Crippen molar-refractivity contribution in [2.45, 2.75) is 19.8 Å². The van der Waals surface area contributed by atoms with Gasteiger partial charge in [0.25, 0.3) is 0 Å². The first-order valence-corrected chi connectivity index (χ1v) is 4.34. The van der Waals surface area contributed by atoms with Crippen LogP contribution in [0.1, 0.15) is 18.9 Å². The SMILES string of the molecule is CCCc1cc(OC)c(N)cc1O. The van der Waals surface area contributed by atoms with E-state index in [0.717, 1.165) is 18.4 Å². The number of aryl methyl sites for hydroxylation is 1. The summed E-state index contributed by atoms with van der Waals surface area (Å²) < 4.78 is 5.05. The number of phenolic OH excluding ortho intramolecular Hbond substituents is 1. The molecule has 3 N–H and O–H groups in total. The number of methoxy groups -OCH3 is 1. The number of hydrogen-bond acceptors (Lipinski definition) is 3. The van der Waals surface area contributed by atoms with E-state index in [1.54, 1.807) is 13.2 Å². The van der Waals surface area contributed by atoms with Crippen molar-refractivity contribution in [1.29, 1.82) is 0 Å². The maximum Gasteiger partial charge on any atom is 0.142 e. The zero-order valence-corrected chi connectivity index (χ0v) is 8.00. The molecule has 1 aromatic rings. The van der Waals surface area contributed by atoms with Crippen LogP contribution >= 0.6 is 0 Å². The second-order valence-electron chi connectivity index (χ2n) is 2.97. The Morgan fingerprint density at radius 1 is 1.46 bits per heavy atom. The summed E-state index contributed by atoms with van der Waals surface area (Å²) in [6, 6.07) is 3.32. The molecule has 0 fully saturated rings. The molecule has 1 rings (SSSR count). The normalized spacial score (nSPS) is 10.0. The number of benzene rings is 1. The predicted molar refractivity (Wildman–Crippen MR) is 53.1 cm³/mol. The first-order valence-electron chi connectivity index (χ1n) is 4.34. The van der Waals surface area contributed by atoms with Crippen LogP contribution in [0, 0.1) is 0 Å². The van der Waals surface area contributed by atoms with E-state index >= 15 is 0 Å². The molecule has 0 aliphatic rings. The minimum Gasteiger partial charge on any atom is -0.508 e. The van der Waals surface area contributed by atoms with E-state index in [-0.39, 0.29) is 5.75 Å². The highest BCUT2D eigenvalue weighted by atomic mass is 16.5. The van der Waals surface area contributed by atoms with E-state index in [0.29, 0.717) is 11.4 Å². The summed E-state index contributed by atoms with van der Waals surface area (Å²) in [7, 11) is 1.57. The van der Waals surface area contributed by atoms with E-state index in [9.17, 15) is 5.11 Å². The summed E-state index contributed by atoms with van der Waals surface area (Å²) in [6.45, 7) is 2.06. The molecule has 0 amide bonds. The summed E-state index contributed by atoms with van der Waals surface area (Å²) in [5.41, 5.74) is 6.97. The Hall–Kier alpha value is -1.38. The third kappa shape index (κ3) is 2.05. The van der Waals surface area contributed by atoms with Crippen molar-refractivity contribution in [3.8, 4) is 11.5 Å². The fourth-order valence-corrected chi connectivity index (χ4v) is 1.27. The number of ether oxygens (including phenoxy) is 1. The Labute approximate surface area is 78.1 Å². The number of rotatable bonds is 3. The van der Waals surface area contributed by atoms with Crippen LogP contribution in [-0.4, -0.2) is 12.2 Å². The second-order valence-corrected chi connectivity index (χ2v) is 2.97. The minimum atomic E-state index is 0.250. The molecule has 1 aromatic carbocycles. The van der Waals surface area contributed by atoms with Gasteiger partial charge in [0.05, 0.1) is 12.8 Å². The lowest BCUT2D eigenvalue weighted by Gasteiger charge is -2.08. The Morgan fingerprint density at radius 3 is 2.69 bits per heavy atom. The topological polar surface area (TPSA) is 55.5 Å². The standard InChI is InChI=1S/C10H15NO2/c1-3-4-7-5-10(13-2)8(11)6-9(7)12/h5-6,12H,3-4,11H2,1-2H3. The molecule has 0 saturated heterocycles. The van der Waals surface area contributed by atoms with Gasteiger partial charge in [0, 0.05) is 6.07 Å². The molecule has 3 heteroatoms. The van der Waals surface area contributed by atoms with Gasteiger partial charge in [-0.05, 0) is 18.1 Å². The smallest absolute Gasteiger partial charge is 0.142 e. The Bertz CT molecular complexity index is 297. The maximum atomic E-state index is 9.51. The number of anilines is 1. The maximum absolute atomic E-state index is 9.51. The summed E-state index contributed by atoms with van der Waals surface area (Å²) in [5.74, 6) is 0.876. The second kappa shape index (κ2) is 4.03. The quantitative estimate of drug-likeness (QED) is 0.700. The van der Waals surface area contributed by atoms with Gasteiger partial charge in [0.2, 0.25) is 0 Å². The lowest BCUT2D eigenvalue weighted by atomic mass is 10.1. The zero-order valence-electron chi connectivity index (χ0n) is 8.00. The molecule has 13 heavy (non-hydrogen) atoms. The molecule has 0 aliphatic carbocycles. The number of aromatic hydroxyl groups is 1. The summed E-state index contributed by atoms with van der Waals surface area (Å²) in [5, 5.41) is 9.51. The van der Waals surface area contributed by atoms with Crippen molar-refractivity contribution in [2.24, 2.45) is 0 Å². The van der Waals surface area contributed by atoms with Crippen molar-refractivity contribution < 1.29 is 9.84 Å². The first kappa shape index (κ1) is 9.71. The molecule has 0 aromatic heterocycles. The van der Waals surface area contributed by atoms with Crippen LogP contribution in [0.4, 0.5) is 5.69 Å². The van der Waals surface area contributed by atoms with Crippen LogP contribution in [0.3, 0.4) is 0 Å². The van der Waals surface area contributed by atoms with E-state index < -0.39 is 0 Å². The fraction of sp³-hybridized carbons (Fsp3) is 0.400. The van der Waals surface area contributed by atoms with E-state index in [4.69, 9.17) is 10.5 Å². The Kier molecular flexibility index (Phi) is 3.01. The summed E-state index contributed by atoms with van der Waals surface area (Å²) >= 11 is 0. The number of phenols is 1. The highest BCUT2D eigenvalue weighted by Crippen LogP contribution is 2.30. The number of hydrogen-bond donors (Lipinski definition) is 2. The molecule has 72 valence electrons. The lowest BCUT2D eigenvalue weighted by molar-refractivity contribution is 0.413. The molecule has 0 bridgehead atoms. The van der Waals surface area contributed by atoms with Crippen LogP contribution in [0.5, 0.6) is 11.5 Å².